The molecule has 1 aliphatic rings. The molecule has 0 atom stereocenters. The van der Waals surface area contributed by atoms with Crippen molar-refractivity contribution in [2.24, 2.45) is 5.92 Å². The lowest BCUT2D eigenvalue weighted by atomic mass is 9.87. The standard InChI is InChI=1S/C22H31N3O/c1-5-21-20(17-8-12-19(13-9-17)26-15(2)3)14-23-22(25-21)24-18-10-6-16(4)7-11-18/h8-9,12-16,18H,5-7,10-11H2,1-4H3,(H,23,24,25). The molecule has 0 unspecified atom stereocenters. The van der Waals surface area contributed by atoms with Crippen molar-refractivity contribution in [1.29, 1.82) is 0 Å². The molecule has 1 aromatic carbocycles. The Balaban J connectivity index is 1.74. The smallest absolute Gasteiger partial charge is 0.223 e. The number of anilines is 1. The van der Waals surface area contributed by atoms with Crippen LogP contribution in [-0.4, -0.2) is 22.1 Å². The first-order valence-corrected chi connectivity index (χ1v) is 9.94. The van der Waals surface area contributed by atoms with Gasteiger partial charge in [0.15, 0.2) is 0 Å². The second kappa shape index (κ2) is 8.52. The van der Waals surface area contributed by atoms with Gasteiger partial charge in [0.05, 0.1) is 11.8 Å². The normalized spacial score (nSPS) is 20.2. The zero-order chi connectivity index (χ0) is 18.5. The van der Waals surface area contributed by atoms with Gasteiger partial charge in [-0.3, -0.25) is 0 Å². The van der Waals surface area contributed by atoms with E-state index in [2.05, 4.69) is 36.3 Å². The predicted molar refractivity (Wildman–Crippen MR) is 108 cm³/mol. The van der Waals surface area contributed by atoms with Gasteiger partial charge in [-0.15, -0.1) is 0 Å². The summed E-state index contributed by atoms with van der Waals surface area (Å²) in [4.78, 5) is 9.39. The van der Waals surface area contributed by atoms with Gasteiger partial charge in [0.2, 0.25) is 5.95 Å². The van der Waals surface area contributed by atoms with Gasteiger partial charge < -0.3 is 10.1 Å². The lowest BCUT2D eigenvalue weighted by Crippen LogP contribution is -2.26. The van der Waals surface area contributed by atoms with E-state index in [9.17, 15) is 0 Å². The highest BCUT2D eigenvalue weighted by molar-refractivity contribution is 5.66. The van der Waals surface area contributed by atoms with Crippen LogP contribution >= 0.6 is 0 Å². The first kappa shape index (κ1) is 18.7. The molecule has 1 N–H and O–H groups in total. The Morgan fingerprint density at radius 3 is 2.42 bits per heavy atom. The summed E-state index contributed by atoms with van der Waals surface area (Å²) in [5.74, 6) is 2.52. The van der Waals surface area contributed by atoms with Crippen LogP contribution in [-0.2, 0) is 6.42 Å². The van der Waals surface area contributed by atoms with Crippen LogP contribution in [0, 0.1) is 5.92 Å². The van der Waals surface area contributed by atoms with Gasteiger partial charge in [-0.2, -0.15) is 0 Å². The summed E-state index contributed by atoms with van der Waals surface area (Å²) in [5.41, 5.74) is 3.33. The second-order valence-electron chi connectivity index (χ2n) is 7.70. The molecule has 0 saturated heterocycles. The number of hydrogen-bond donors (Lipinski definition) is 1. The van der Waals surface area contributed by atoms with E-state index in [1.807, 2.05) is 32.2 Å². The van der Waals surface area contributed by atoms with Crippen LogP contribution in [0.5, 0.6) is 5.75 Å². The molecule has 4 nitrogen and oxygen atoms in total. The van der Waals surface area contributed by atoms with Crippen molar-refractivity contribution in [3.63, 3.8) is 0 Å². The third-order valence-electron chi connectivity index (χ3n) is 5.09. The molecule has 1 aromatic heterocycles. The molecule has 1 heterocycles. The quantitative estimate of drug-likeness (QED) is 0.746. The van der Waals surface area contributed by atoms with E-state index >= 15 is 0 Å². The maximum absolute atomic E-state index is 5.73. The topological polar surface area (TPSA) is 47.0 Å². The Hall–Kier alpha value is -2.10. The molecule has 0 spiro atoms. The highest BCUT2D eigenvalue weighted by atomic mass is 16.5. The molecular formula is C22H31N3O. The Bertz CT molecular complexity index is 704. The molecule has 0 radical (unpaired) electrons. The molecule has 3 rings (SSSR count). The van der Waals surface area contributed by atoms with E-state index in [0.29, 0.717) is 6.04 Å². The van der Waals surface area contributed by atoms with Crippen molar-refractivity contribution in [2.75, 3.05) is 5.32 Å². The number of aromatic nitrogens is 2. The summed E-state index contributed by atoms with van der Waals surface area (Å²) in [6.45, 7) is 8.56. The van der Waals surface area contributed by atoms with Crippen LogP contribution in [0.25, 0.3) is 11.1 Å². The summed E-state index contributed by atoms with van der Waals surface area (Å²) in [7, 11) is 0. The van der Waals surface area contributed by atoms with Crippen molar-refractivity contribution in [2.45, 2.75) is 71.9 Å². The average molecular weight is 354 g/mol. The van der Waals surface area contributed by atoms with Crippen molar-refractivity contribution in [3.05, 3.63) is 36.2 Å². The monoisotopic (exact) mass is 353 g/mol. The van der Waals surface area contributed by atoms with Crippen LogP contribution in [0.15, 0.2) is 30.5 Å². The number of hydrogen-bond acceptors (Lipinski definition) is 4. The molecule has 2 aromatic rings. The highest BCUT2D eigenvalue weighted by Gasteiger charge is 2.19. The zero-order valence-electron chi connectivity index (χ0n) is 16.5. The first-order chi connectivity index (χ1) is 12.5. The van der Waals surface area contributed by atoms with Crippen molar-refractivity contribution < 1.29 is 4.74 Å². The summed E-state index contributed by atoms with van der Waals surface area (Å²) in [6, 6.07) is 8.72. The Labute approximate surface area is 157 Å². The van der Waals surface area contributed by atoms with Gasteiger partial charge in [-0.05, 0) is 69.6 Å². The van der Waals surface area contributed by atoms with E-state index in [0.717, 1.165) is 40.9 Å². The molecule has 0 aliphatic heterocycles. The average Bonchev–Trinajstić information content (AvgIpc) is 2.64. The minimum atomic E-state index is 0.184. The summed E-state index contributed by atoms with van der Waals surface area (Å²) in [5, 5.41) is 3.54. The van der Waals surface area contributed by atoms with E-state index in [4.69, 9.17) is 9.72 Å². The molecule has 0 amide bonds. The number of aryl methyl sites for hydroxylation is 1. The number of rotatable bonds is 6. The van der Waals surface area contributed by atoms with E-state index in [1.54, 1.807) is 0 Å². The number of nitrogens with one attached hydrogen (secondary N) is 1. The van der Waals surface area contributed by atoms with Crippen molar-refractivity contribution >= 4 is 5.95 Å². The molecule has 26 heavy (non-hydrogen) atoms. The fourth-order valence-electron chi connectivity index (χ4n) is 3.57. The van der Waals surface area contributed by atoms with Crippen LogP contribution in [0.1, 0.15) is 59.1 Å². The van der Waals surface area contributed by atoms with Gasteiger partial charge in [-0.25, -0.2) is 9.97 Å². The van der Waals surface area contributed by atoms with Gasteiger partial charge in [0.1, 0.15) is 5.75 Å². The highest BCUT2D eigenvalue weighted by Crippen LogP contribution is 2.28. The number of nitrogens with zero attached hydrogens (tertiary/aromatic N) is 2. The Morgan fingerprint density at radius 2 is 1.81 bits per heavy atom. The fraction of sp³-hybridized carbons (Fsp3) is 0.545. The Morgan fingerprint density at radius 1 is 1.12 bits per heavy atom. The van der Waals surface area contributed by atoms with E-state index in [-0.39, 0.29) is 6.10 Å². The SMILES string of the molecule is CCc1nc(NC2CCC(C)CC2)ncc1-c1ccc(OC(C)C)cc1. The largest absolute Gasteiger partial charge is 0.491 e. The van der Waals surface area contributed by atoms with E-state index in [1.165, 1.54) is 25.7 Å². The van der Waals surface area contributed by atoms with Crippen LogP contribution in [0.3, 0.4) is 0 Å². The molecule has 140 valence electrons. The lowest BCUT2D eigenvalue weighted by Gasteiger charge is -2.27. The van der Waals surface area contributed by atoms with Crippen molar-refractivity contribution in [3.8, 4) is 16.9 Å². The van der Waals surface area contributed by atoms with Gasteiger partial charge in [-0.1, -0.05) is 26.0 Å². The van der Waals surface area contributed by atoms with Gasteiger partial charge in [0.25, 0.3) is 0 Å². The Kier molecular flexibility index (Phi) is 6.12. The fourth-order valence-corrected chi connectivity index (χ4v) is 3.57. The number of benzene rings is 1. The molecular weight excluding hydrogens is 322 g/mol. The minimum absolute atomic E-state index is 0.184. The van der Waals surface area contributed by atoms with Crippen LogP contribution < -0.4 is 10.1 Å². The third-order valence-corrected chi connectivity index (χ3v) is 5.09. The number of ether oxygens (including phenoxy) is 1. The molecule has 0 bridgehead atoms. The van der Waals surface area contributed by atoms with Gasteiger partial charge >= 0.3 is 0 Å². The zero-order valence-corrected chi connectivity index (χ0v) is 16.5. The third kappa shape index (κ3) is 4.75. The summed E-state index contributed by atoms with van der Waals surface area (Å²) < 4.78 is 5.73. The molecule has 1 fully saturated rings. The summed E-state index contributed by atoms with van der Waals surface area (Å²) in [6.07, 6.45) is 8.04. The lowest BCUT2D eigenvalue weighted by molar-refractivity contribution is 0.242. The van der Waals surface area contributed by atoms with Gasteiger partial charge in [0, 0.05) is 17.8 Å². The molecule has 4 heteroatoms. The first-order valence-electron chi connectivity index (χ1n) is 9.94. The van der Waals surface area contributed by atoms with Crippen LogP contribution in [0.2, 0.25) is 0 Å². The van der Waals surface area contributed by atoms with Crippen molar-refractivity contribution in [1.82, 2.24) is 9.97 Å². The minimum Gasteiger partial charge on any atom is -0.491 e. The maximum Gasteiger partial charge on any atom is 0.223 e. The molecule has 1 aliphatic carbocycles. The van der Waals surface area contributed by atoms with E-state index < -0.39 is 0 Å². The molecule has 1 saturated carbocycles. The predicted octanol–water partition coefficient (Wildman–Crippen LogP) is 5.48. The maximum atomic E-state index is 5.73. The summed E-state index contributed by atoms with van der Waals surface area (Å²) >= 11 is 0. The second-order valence-corrected chi connectivity index (χ2v) is 7.70. The van der Waals surface area contributed by atoms with Crippen LogP contribution in [0.4, 0.5) is 5.95 Å².